The average Bonchev–Trinajstić information content (AvgIpc) is 2.60. The first kappa shape index (κ1) is 21.1. The number of benzene rings is 2. The zero-order valence-corrected chi connectivity index (χ0v) is 16.8. The fourth-order valence-electron chi connectivity index (χ4n) is 3.44. The third-order valence-corrected chi connectivity index (χ3v) is 5.32. The van der Waals surface area contributed by atoms with Crippen LogP contribution in [-0.4, -0.2) is 6.04 Å². The molecule has 142 valence electrons. The number of hydrogen-bond acceptors (Lipinski definition) is 2. The van der Waals surface area contributed by atoms with Crippen LogP contribution in [0.25, 0.3) is 0 Å². The van der Waals surface area contributed by atoms with Crippen LogP contribution in [0.1, 0.15) is 56.1 Å². The summed E-state index contributed by atoms with van der Waals surface area (Å²) in [6.45, 7) is 1.41. The van der Waals surface area contributed by atoms with E-state index in [9.17, 15) is 0 Å². The first-order chi connectivity index (χ1) is 12.3. The molecule has 0 heterocycles. The summed E-state index contributed by atoms with van der Waals surface area (Å²) in [5.74, 6) is 0.900. The van der Waals surface area contributed by atoms with Crippen LogP contribution in [0.2, 0.25) is 5.02 Å². The van der Waals surface area contributed by atoms with Crippen molar-refractivity contribution in [3.05, 3.63) is 64.7 Å². The summed E-state index contributed by atoms with van der Waals surface area (Å²) in [5, 5.41) is 4.49. The zero-order chi connectivity index (χ0) is 17.3. The second kappa shape index (κ2) is 11.5. The second-order valence-corrected chi connectivity index (χ2v) is 7.36. The Hall–Kier alpha value is -1.22. The Labute approximate surface area is 168 Å². The quantitative estimate of drug-likeness (QED) is 0.600. The Morgan fingerprint density at radius 2 is 1.65 bits per heavy atom. The van der Waals surface area contributed by atoms with Crippen molar-refractivity contribution in [2.24, 2.45) is 0 Å². The van der Waals surface area contributed by atoms with E-state index in [0.29, 0.717) is 12.6 Å². The minimum Gasteiger partial charge on any atom is -0.489 e. The average molecular weight is 394 g/mol. The molecule has 0 atom stereocenters. The molecule has 0 aromatic heterocycles. The molecule has 3 rings (SSSR count). The molecule has 1 aliphatic carbocycles. The van der Waals surface area contributed by atoms with Crippen molar-refractivity contribution in [1.29, 1.82) is 0 Å². The second-order valence-electron chi connectivity index (χ2n) is 6.95. The molecule has 0 bridgehead atoms. The fourth-order valence-corrected chi connectivity index (χ4v) is 3.63. The molecule has 0 radical (unpaired) electrons. The van der Waals surface area contributed by atoms with Crippen molar-refractivity contribution in [3.63, 3.8) is 0 Å². The van der Waals surface area contributed by atoms with Gasteiger partial charge in [0.25, 0.3) is 0 Å². The molecule has 0 spiro atoms. The summed E-state index contributed by atoms with van der Waals surface area (Å²) in [7, 11) is 0. The number of rotatable bonds is 6. The molecule has 1 fully saturated rings. The lowest BCUT2D eigenvalue weighted by atomic mass is 9.96. The minimum atomic E-state index is 0. The van der Waals surface area contributed by atoms with Gasteiger partial charge in [0.15, 0.2) is 0 Å². The lowest BCUT2D eigenvalue weighted by Gasteiger charge is -2.21. The first-order valence-corrected chi connectivity index (χ1v) is 9.87. The van der Waals surface area contributed by atoms with Gasteiger partial charge in [0.2, 0.25) is 0 Å². The number of nitrogens with one attached hydrogen (secondary N) is 1. The van der Waals surface area contributed by atoms with Gasteiger partial charge in [0.1, 0.15) is 12.4 Å². The highest BCUT2D eigenvalue weighted by Gasteiger charge is 2.10. The van der Waals surface area contributed by atoms with Crippen LogP contribution >= 0.6 is 24.0 Å². The highest BCUT2D eigenvalue weighted by Crippen LogP contribution is 2.20. The summed E-state index contributed by atoms with van der Waals surface area (Å²) in [5.41, 5.74) is 2.29. The summed E-state index contributed by atoms with van der Waals surface area (Å²) < 4.78 is 5.93. The predicted octanol–water partition coefficient (Wildman–Crippen LogP) is 6.54. The first-order valence-electron chi connectivity index (χ1n) is 9.50. The lowest BCUT2D eigenvalue weighted by Crippen LogP contribution is -2.29. The van der Waals surface area contributed by atoms with E-state index < -0.39 is 0 Å². The maximum absolute atomic E-state index is 6.19. The highest BCUT2D eigenvalue weighted by atomic mass is 35.5. The summed E-state index contributed by atoms with van der Waals surface area (Å²) in [6.07, 6.45) is 9.54. The van der Waals surface area contributed by atoms with Crippen LogP contribution in [0.4, 0.5) is 0 Å². The topological polar surface area (TPSA) is 21.3 Å². The van der Waals surface area contributed by atoms with Crippen molar-refractivity contribution in [2.75, 3.05) is 0 Å². The molecule has 26 heavy (non-hydrogen) atoms. The van der Waals surface area contributed by atoms with E-state index in [4.69, 9.17) is 16.3 Å². The smallest absolute Gasteiger partial charge is 0.120 e. The van der Waals surface area contributed by atoms with E-state index >= 15 is 0 Å². The minimum absolute atomic E-state index is 0. The Balaban J connectivity index is 0.00000243. The van der Waals surface area contributed by atoms with Crippen molar-refractivity contribution < 1.29 is 4.74 Å². The van der Waals surface area contributed by atoms with Gasteiger partial charge >= 0.3 is 0 Å². The van der Waals surface area contributed by atoms with Gasteiger partial charge in [-0.3, -0.25) is 0 Å². The van der Waals surface area contributed by atoms with E-state index in [0.717, 1.165) is 22.9 Å². The Morgan fingerprint density at radius 3 is 2.42 bits per heavy atom. The number of hydrogen-bond donors (Lipinski definition) is 1. The molecular formula is C22H29Cl2NO. The molecule has 0 saturated heterocycles. The molecule has 2 aromatic carbocycles. The van der Waals surface area contributed by atoms with Gasteiger partial charge in [-0.2, -0.15) is 0 Å². The van der Waals surface area contributed by atoms with E-state index in [2.05, 4.69) is 23.5 Å². The Morgan fingerprint density at radius 1 is 0.923 bits per heavy atom. The van der Waals surface area contributed by atoms with Gasteiger partial charge in [0.05, 0.1) is 0 Å². The Kier molecular flexibility index (Phi) is 9.31. The molecule has 1 N–H and O–H groups in total. The highest BCUT2D eigenvalue weighted by molar-refractivity contribution is 6.31. The summed E-state index contributed by atoms with van der Waals surface area (Å²) in [6, 6.07) is 16.9. The molecule has 2 aromatic rings. The molecule has 0 unspecified atom stereocenters. The largest absolute Gasteiger partial charge is 0.489 e. The van der Waals surface area contributed by atoms with E-state index in [1.807, 2.05) is 30.3 Å². The lowest BCUT2D eigenvalue weighted by molar-refractivity contribution is 0.305. The molecule has 1 saturated carbocycles. The monoisotopic (exact) mass is 393 g/mol. The summed E-state index contributed by atoms with van der Waals surface area (Å²) in [4.78, 5) is 0. The molecule has 0 aliphatic heterocycles. The summed E-state index contributed by atoms with van der Waals surface area (Å²) >= 11 is 6.19. The molecule has 2 nitrogen and oxygen atoms in total. The van der Waals surface area contributed by atoms with Crippen molar-refractivity contribution >= 4 is 24.0 Å². The van der Waals surface area contributed by atoms with Gasteiger partial charge < -0.3 is 10.1 Å². The SMILES string of the molecule is Cl.Clc1ccccc1COc1cccc(CNC2CCCCCCC2)c1. The third kappa shape index (κ3) is 6.83. The maximum atomic E-state index is 6.19. The van der Waals surface area contributed by atoms with Crippen LogP contribution in [0.15, 0.2) is 48.5 Å². The van der Waals surface area contributed by atoms with E-state index in [1.54, 1.807) is 0 Å². The fraction of sp³-hybridized carbons (Fsp3) is 0.455. The molecule has 1 aliphatic rings. The van der Waals surface area contributed by atoms with E-state index in [1.165, 1.54) is 50.5 Å². The van der Waals surface area contributed by atoms with Crippen molar-refractivity contribution in [3.8, 4) is 5.75 Å². The van der Waals surface area contributed by atoms with Crippen LogP contribution in [-0.2, 0) is 13.2 Å². The van der Waals surface area contributed by atoms with Gasteiger partial charge in [-0.15, -0.1) is 12.4 Å². The third-order valence-electron chi connectivity index (χ3n) is 4.95. The molecular weight excluding hydrogens is 365 g/mol. The molecule has 0 amide bonds. The van der Waals surface area contributed by atoms with E-state index in [-0.39, 0.29) is 12.4 Å². The van der Waals surface area contributed by atoms with Crippen LogP contribution in [0.3, 0.4) is 0 Å². The van der Waals surface area contributed by atoms with Crippen LogP contribution < -0.4 is 10.1 Å². The van der Waals surface area contributed by atoms with Crippen molar-refractivity contribution in [2.45, 2.75) is 64.1 Å². The van der Waals surface area contributed by atoms with Gasteiger partial charge in [-0.05, 0) is 36.6 Å². The molecule has 4 heteroatoms. The van der Waals surface area contributed by atoms with Gasteiger partial charge in [-0.1, -0.05) is 74.0 Å². The number of halogens is 2. The predicted molar refractivity (Wildman–Crippen MR) is 112 cm³/mol. The van der Waals surface area contributed by atoms with Crippen LogP contribution in [0, 0.1) is 0 Å². The number of ether oxygens (including phenoxy) is 1. The Bertz CT molecular complexity index is 654. The maximum Gasteiger partial charge on any atom is 0.120 e. The van der Waals surface area contributed by atoms with Crippen LogP contribution in [0.5, 0.6) is 5.75 Å². The normalized spacial score (nSPS) is 15.6. The van der Waals surface area contributed by atoms with Gasteiger partial charge in [0, 0.05) is 23.2 Å². The standard InChI is InChI=1S/C22H28ClNO.ClH/c23-22-14-7-6-10-19(22)17-25-21-13-8-9-18(15-21)16-24-20-11-4-2-1-3-5-12-20;/h6-10,13-15,20,24H,1-5,11-12,16-17H2;1H. The zero-order valence-electron chi connectivity index (χ0n) is 15.3. The van der Waals surface area contributed by atoms with Crippen molar-refractivity contribution in [1.82, 2.24) is 5.32 Å². The van der Waals surface area contributed by atoms with Gasteiger partial charge in [-0.25, -0.2) is 0 Å².